The van der Waals surface area contributed by atoms with Gasteiger partial charge < -0.3 is 20.1 Å². The summed E-state index contributed by atoms with van der Waals surface area (Å²) in [5, 5.41) is 6.63. The summed E-state index contributed by atoms with van der Waals surface area (Å²) in [6.45, 7) is 17.8. The number of hydrogen-bond donors (Lipinski definition) is 2. The van der Waals surface area contributed by atoms with Crippen LogP contribution in [0.2, 0.25) is 0 Å². The van der Waals surface area contributed by atoms with E-state index in [1.807, 2.05) is 13.8 Å². The predicted molar refractivity (Wildman–Crippen MR) is 246 cm³/mol. The van der Waals surface area contributed by atoms with Crippen molar-refractivity contribution in [3.05, 3.63) is 0 Å². The molecule has 7 nitrogen and oxygen atoms in total. The number of carbonyl (C=O) groups excluding carboxylic acids is 3. The van der Waals surface area contributed by atoms with Crippen molar-refractivity contribution in [3.8, 4) is 0 Å². The molecular formula is C50H100N2O5. The molecule has 0 fully saturated rings. The molecule has 0 aromatic heterocycles. The highest BCUT2D eigenvalue weighted by molar-refractivity contribution is 5.76. The molecule has 340 valence electrons. The Hall–Kier alpha value is -1.63. The molecule has 0 rings (SSSR count). The molecular weight excluding hydrogens is 709 g/mol. The van der Waals surface area contributed by atoms with Gasteiger partial charge in [-0.2, -0.15) is 0 Å². The zero-order chi connectivity index (χ0) is 42.5. The van der Waals surface area contributed by atoms with E-state index in [0.29, 0.717) is 50.4 Å². The third-order valence-corrected chi connectivity index (χ3v) is 11.3. The fourth-order valence-corrected chi connectivity index (χ4v) is 7.70. The molecule has 0 atom stereocenters. The first kappa shape index (κ1) is 57.5. The zero-order valence-electron chi connectivity index (χ0n) is 39.4. The number of ether oxygens (including phenoxy) is 2. The summed E-state index contributed by atoms with van der Waals surface area (Å²) in [6.07, 6.45) is 37.2. The summed E-state index contributed by atoms with van der Waals surface area (Å²) in [5.74, 6) is 1.19. The van der Waals surface area contributed by atoms with Gasteiger partial charge in [0.15, 0.2) is 0 Å². The molecule has 0 aromatic carbocycles. The fourth-order valence-electron chi connectivity index (χ4n) is 7.70. The van der Waals surface area contributed by atoms with Gasteiger partial charge in [0.1, 0.15) is 0 Å². The van der Waals surface area contributed by atoms with Crippen molar-refractivity contribution in [2.24, 2.45) is 11.8 Å². The van der Waals surface area contributed by atoms with Crippen molar-refractivity contribution in [2.75, 3.05) is 26.3 Å². The molecule has 0 saturated heterocycles. The SMILES string of the molecule is CC.CCCCC(CCCC)CC(=O)OCCCCCCCCCCC(CCCCCCCCCCOC(=O)CC(CCCC)CCCC)NC(=O)CCNCC. The quantitative estimate of drug-likeness (QED) is 0.0471. The van der Waals surface area contributed by atoms with Gasteiger partial charge in [-0.1, -0.05) is 190 Å². The minimum Gasteiger partial charge on any atom is -0.466 e. The summed E-state index contributed by atoms with van der Waals surface area (Å²) in [5.41, 5.74) is 0. The van der Waals surface area contributed by atoms with Crippen molar-refractivity contribution in [3.63, 3.8) is 0 Å². The number of nitrogens with one attached hydrogen (secondary N) is 2. The first-order valence-corrected chi connectivity index (χ1v) is 25.2. The van der Waals surface area contributed by atoms with Gasteiger partial charge in [0, 0.05) is 31.8 Å². The van der Waals surface area contributed by atoms with Gasteiger partial charge in [-0.25, -0.2) is 0 Å². The molecule has 57 heavy (non-hydrogen) atoms. The number of unbranched alkanes of at least 4 members (excludes halogenated alkanes) is 18. The minimum atomic E-state index is 0.00657. The summed E-state index contributed by atoms with van der Waals surface area (Å²) >= 11 is 0. The van der Waals surface area contributed by atoms with Crippen LogP contribution in [0, 0.1) is 11.8 Å². The van der Waals surface area contributed by atoms with Crippen molar-refractivity contribution in [2.45, 2.75) is 266 Å². The van der Waals surface area contributed by atoms with Crippen LogP contribution < -0.4 is 10.6 Å². The van der Waals surface area contributed by atoms with Gasteiger partial charge in [-0.15, -0.1) is 0 Å². The third kappa shape index (κ3) is 42.3. The number of carbonyl (C=O) groups is 3. The Kier molecular flexibility index (Phi) is 47.4. The monoisotopic (exact) mass is 809 g/mol. The largest absolute Gasteiger partial charge is 0.466 e. The lowest BCUT2D eigenvalue weighted by Gasteiger charge is -2.19. The van der Waals surface area contributed by atoms with Crippen LogP contribution in [0.25, 0.3) is 0 Å². The van der Waals surface area contributed by atoms with Gasteiger partial charge in [0.05, 0.1) is 13.2 Å². The van der Waals surface area contributed by atoms with Crippen LogP contribution in [-0.4, -0.2) is 50.2 Å². The standard InChI is InChI=1S/C48H94N2O5.C2H6/c1-6-11-31-43(32-12-7-2)41-47(52)54-39-29-25-21-17-15-19-23-27-35-45(50-46(51)37-38-49-10-5)36-28-24-20-16-18-22-26-30-40-55-48(53)42-44(33-13-8-3)34-14-9-4;1-2/h43-45,49H,6-42H2,1-5H3,(H,50,51);1-2H3. The smallest absolute Gasteiger partial charge is 0.306 e. The van der Waals surface area contributed by atoms with Gasteiger partial charge in [0.25, 0.3) is 0 Å². The van der Waals surface area contributed by atoms with Gasteiger partial charge in [-0.3, -0.25) is 14.4 Å². The number of rotatable bonds is 43. The van der Waals surface area contributed by atoms with E-state index in [4.69, 9.17) is 9.47 Å². The number of amides is 1. The molecule has 1 amide bonds. The van der Waals surface area contributed by atoms with Crippen molar-refractivity contribution in [1.82, 2.24) is 10.6 Å². The molecule has 0 heterocycles. The molecule has 2 N–H and O–H groups in total. The lowest BCUT2D eigenvalue weighted by molar-refractivity contribution is -0.146. The van der Waals surface area contributed by atoms with Crippen LogP contribution in [0.15, 0.2) is 0 Å². The maximum Gasteiger partial charge on any atom is 0.306 e. The highest BCUT2D eigenvalue weighted by Gasteiger charge is 2.16. The Balaban J connectivity index is 0. The van der Waals surface area contributed by atoms with E-state index < -0.39 is 0 Å². The van der Waals surface area contributed by atoms with E-state index in [0.717, 1.165) is 77.3 Å². The second-order valence-electron chi connectivity index (χ2n) is 16.8. The fraction of sp³-hybridized carbons (Fsp3) is 0.940. The predicted octanol–water partition coefficient (Wildman–Crippen LogP) is 14.4. The summed E-state index contributed by atoms with van der Waals surface area (Å²) in [7, 11) is 0. The molecule has 0 spiro atoms. The molecule has 7 heteroatoms. The number of hydrogen-bond acceptors (Lipinski definition) is 6. The van der Waals surface area contributed by atoms with Crippen molar-refractivity contribution < 1.29 is 23.9 Å². The molecule has 0 aliphatic carbocycles. The van der Waals surface area contributed by atoms with E-state index in [1.54, 1.807) is 0 Å². The maximum absolute atomic E-state index is 12.6. The topological polar surface area (TPSA) is 93.7 Å². The van der Waals surface area contributed by atoms with Crippen LogP contribution >= 0.6 is 0 Å². The van der Waals surface area contributed by atoms with E-state index in [2.05, 4.69) is 45.3 Å². The average Bonchev–Trinajstić information content (AvgIpc) is 3.21. The average molecular weight is 809 g/mol. The molecule has 0 radical (unpaired) electrons. The van der Waals surface area contributed by atoms with Crippen molar-refractivity contribution in [1.29, 1.82) is 0 Å². The zero-order valence-corrected chi connectivity index (χ0v) is 39.4. The molecule has 0 aliphatic rings. The van der Waals surface area contributed by atoms with Gasteiger partial charge >= 0.3 is 11.9 Å². The Morgan fingerprint density at radius 2 is 0.772 bits per heavy atom. The van der Waals surface area contributed by atoms with E-state index in [-0.39, 0.29) is 17.8 Å². The lowest BCUT2D eigenvalue weighted by Crippen LogP contribution is -2.36. The second kappa shape index (κ2) is 47.1. The molecule has 0 saturated carbocycles. The Bertz CT molecular complexity index is 781. The van der Waals surface area contributed by atoms with E-state index in [1.165, 1.54) is 128 Å². The molecule has 0 unspecified atom stereocenters. The third-order valence-electron chi connectivity index (χ3n) is 11.3. The first-order chi connectivity index (χ1) is 27.9. The second-order valence-corrected chi connectivity index (χ2v) is 16.8. The van der Waals surface area contributed by atoms with Crippen LogP contribution in [0.3, 0.4) is 0 Å². The van der Waals surface area contributed by atoms with Crippen LogP contribution in [0.5, 0.6) is 0 Å². The first-order valence-electron chi connectivity index (χ1n) is 25.2. The highest BCUT2D eigenvalue weighted by atomic mass is 16.5. The van der Waals surface area contributed by atoms with E-state index in [9.17, 15) is 14.4 Å². The lowest BCUT2D eigenvalue weighted by atomic mass is 9.93. The Morgan fingerprint density at radius 1 is 0.439 bits per heavy atom. The van der Waals surface area contributed by atoms with Crippen LogP contribution in [-0.2, 0) is 23.9 Å². The minimum absolute atomic E-state index is 0.00657. The highest BCUT2D eigenvalue weighted by Crippen LogP contribution is 2.22. The molecule has 0 aliphatic heterocycles. The Morgan fingerprint density at radius 3 is 1.11 bits per heavy atom. The molecule has 0 bridgehead atoms. The summed E-state index contributed by atoms with van der Waals surface area (Å²) in [6, 6.07) is 0.293. The van der Waals surface area contributed by atoms with Crippen LogP contribution in [0.4, 0.5) is 0 Å². The summed E-state index contributed by atoms with van der Waals surface area (Å²) < 4.78 is 11.2. The summed E-state index contributed by atoms with van der Waals surface area (Å²) in [4.78, 5) is 37.3. The maximum atomic E-state index is 12.6. The van der Waals surface area contributed by atoms with Gasteiger partial charge in [-0.05, 0) is 69.7 Å². The van der Waals surface area contributed by atoms with Gasteiger partial charge in [0.2, 0.25) is 5.91 Å². The molecule has 0 aromatic rings. The normalized spacial score (nSPS) is 11.3. The number of esters is 2. The van der Waals surface area contributed by atoms with Crippen molar-refractivity contribution >= 4 is 17.8 Å². The Labute approximate surface area is 355 Å². The van der Waals surface area contributed by atoms with Crippen LogP contribution in [0.1, 0.15) is 260 Å². The van der Waals surface area contributed by atoms with E-state index >= 15 is 0 Å².